The van der Waals surface area contributed by atoms with Crippen molar-refractivity contribution in [2.75, 3.05) is 30.3 Å². The molecule has 4 rings (SSSR count). The lowest BCUT2D eigenvalue weighted by molar-refractivity contribution is 0.105. The van der Waals surface area contributed by atoms with E-state index in [9.17, 15) is 4.39 Å². The third-order valence-corrected chi connectivity index (χ3v) is 6.42. The molecule has 30 heavy (non-hydrogen) atoms. The number of halogens is 2. The molecule has 0 saturated carbocycles. The molecule has 6 heteroatoms. The minimum Gasteiger partial charge on any atom is -0.489 e. The Bertz CT molecular complexity index is 927. The lowest BCUT2D eigenvalue weighted by Gasteiger charge is -2.41. The molecular weight excluding hydrogens is 401 g/mol. The van der Waals surface area contributed by atoms with Gasteiger partial charge in [-0.3, -0.25) is 4.90 Å². The number of aryl methyl sites for hydroxylation is 1. The molecule has 2 aromatic carbocycles. The van der Waals surface area contributed by atoms with Gasteiger partial charge in [-0.05, 0) is 62.4 Å². The Balaban J connectivity index is 1.38. The van der Waals surface area contributed by atoms with E-state index < -0.39 is 0 Å². The van der Waals surface area contributed by atoms with Crippen molar-refractivity contribution in [2.45, 2.75) is 44.8 Å². The summed E-state index contributed by atoms with van der Waals surface area (Å²) in [5.74, 6) is 0.482. The average Bonchev–Trinajstić information content (AvgIpc) is 2.71. The van der Waals surface area contributed by atoms with Crippen LogP contribution in [0.5, 0.6) is 5.75 Å². The summed E-state index contributed by atoms with van der Waals surface area (Å²) >= 11 is 6.22. The molecular formula is C24H29ClFN3O. The van der Waals surface area contributed by atoms with Gasteiger partial charge < -0.3 is 15.4 Å². The zero-order chi connectivity index (χ0) is 21.3. The van der Waals surface area contributed by atoms with E-state index in [-0.39, 0.29) is 11.9 Å². The lowest BCUT2D eigenvalue weighted by Crippen LogP contribution is -2.44. The first-order valence-corrected chi connectivity index (χ1v) is 11.0. The van der Waals surface area contributed by atoms with Crippen molar-refractivity contribution in [3.63, 3.8) is 0 Å². The SMILES string of the molecule is C=C(CN1CCC(Oc2ccccc2Cl)CC1)N1c2c(N)cc(F)cc2CCC1C. The normalized spacial score (nSPS) is 20.1. The van der Waals surface area contributed by atoms with Crippen LogP contribution in [0.15, 0.2) is 48.7 Å². The molecule has 2 aliphatic rings. The number of para-hydroxylation sites is 1. The highest BCUT2D eigenvalue weighted by Gasteiger charge is 2.29. The average molecular weight is 430 g/mol. The number of nitrogens with zero attached hydrogens (tertiary/aromatic N) is 2. The van der Waals surface area contributed by atoms with Crippen LogP contribution >= 0.6 is 11.6 Å². The molecule has 1 saturated heterocycles. The number of benzene rings is 2. The summed E-state index contributed by atoms with van der Waals surface area (Å²) in [4.78, 5) is 4.61. The molecule has 2 aromatic rings. The highest BCUT2D eigenvalue weighted by Crippen LogP contribution is 2.38. The molecule has 0 bridgehead atoms. The Morgan fingerprint density at radius 3 is 2.70 bits per heavy atom. The van der Waals surface area contributed by atoms with Gasteiger partial charge in [0, 0.05) is 31.4 Å². The molecule has 4 nitrogen and oxygen atoms in total. The summed E-state index contributed by atoms with van der Waals surface area (Å²) in [5, 5.41) is 0.653. The van der Waals surface area contributed by atoms with Crippen LogP contribution in [-0.2, 0) is 6.42 Å². The predicted octanol–water partition coefficient (Wildman–Crippen LogP) is 5.26. The summed E-state index contributed by atoms with van der Waals surface area (Å²) in [6.45, 7) is 9.18. The van der Waals surface area contributed by atoms with Crippen LogP contribution in [0.1, 0.15) is 31.7 Å². The minimum atomic E-state index is -0.271. The van der Waals surface area contributed by atoms with Gasteiger partial charge in [0.05, 0.1) is 16.4 Å². The fourth-order valence-corrected chi connectivity index (χ4v) is 4.77. The Hall–Kier alpha value is -2.24. The quantitative estimate of drug-likeness (QED) is 0.658. The van der Waals surface area contributed by atoms with Gasteiger partial charge in [0.25, 0.3) is 0 Å². The number of hydrogen-bond donors (Lipinski definition) is 1. The molecule has 0 aliphatic carbocycles. The Morgan fingerprint density at radius 1 is 1.23 bits per heavy atom. The second-order valence-corrected chi connectivity index (χ2v) is 8.76. The number of anilines is 2. The van der Waals surface area contributed by atoms with E-state index in [1.54, 1.807) is 6.07 Å². The molecule has 0 spiro atoms. The number of nitrogens with two attached hydrogens (primary N) is 1. The van der Waals surface area contributed by atoms with E-state index in [2.05, 4.69) is 23.3 Å². The van der Waals surface area contributed by atoms with E-state index in [0.717, 1.165) is 68.0 Å². The molecule has 2 aliphatic heterocycles. The molecule has 1 fully saturated rings. The topological polar surface area (TPSA) is 41.7 Å². The van der Waals surface area contributed by atoms with Crippen LogP contribution in [-0.4, -0.2) is 36.7 Å². The van der Waals surface area contributed by atoms with Crippen molar-refractivity contribution >= 4 is 23.0 Å². The lowest BCUT2D eigenvalue weighted by atomic mass is 9.94. The van der Waals surface area contributed by atoms with Crippen molar-refractivity contribution in [2.24, 2.45) is 0 Å². The van der Waals surface area contributed by atoms with Gasteiger partial charge in [0.15, 0.2) is 0 Å². The van der Waals surface area contributed by atoms with Crippen LogP contribution in [0.2, 0.25) is 5.02 Å². The maximum absolute atomic E-state index is 13.8. The molecule has 1 unspecified atom stereocenters. The summed E-state index contributed by atoms with van der Waals surface area (Å²) in [5.41, 5.74) is 9.60. The van der Waals surface area contributed by atoms with Crippen molar-refractivity contribution in [3.05, 3.63) is 65.1 Å². The van der Waals surface area contributed by atoms with Gasteiger partial charge in [-0.2, -0.15) is 0 Å². The molecule has 0 aromatic heterocycles. The van der Waals surface area contributed by atoms with Crippen LogP contribution in [0.4, 0.5) is 15.8 Å². The van der Waals surface area contributed by atoms with Crippen LogP contribution in [0.3, 0.4) is 0 Å². The Kier molecular flexibility index (Phi) is 6.21. The highest BCUT2D eigenvalue weighted by atomic mass is 35.5. The standard InChI is InChI=1S/C24H29ClFN3O/c1-16-7-8-18-13-19(26)14-22(27)24(18)29(16)17(2)15-28-11-9-20(10-12-28)30-23-6-4-3-5-21(23)25/h3-6,13-14,16,20H,2,7-12,15,27H2,1H3. The Labute approximate surface area is 183 Å². The number of rotatable bonds is 5. The third-order valence-electron chi connectivity index (χ3n) is 6.11. The first-order chi connectivity index (χ1) is 14.4. The first-order valence-electron chi connectivity index (χ1n) is 10.6. The first kappa shape index (κ1) is 21.0. The van der Waals surface area contributed by atoms with E-state index in [4.69, 9.17) is 22.1 Å². The van der Waals surface area contributed by atoms with Gasteiger partial charge in [0.2, 0.25) is 0 Å². The maximum Gasteiger partial charge on any atom is 0.138 e. The fraction of sp³-hybridized carbons (Fsp3) is 0.417. The van der Waals surface area contributed by atoms with Crippen molar-refractivity contribution in [3.8, 4) is 5.75 Å². The zero-order valence-corrected chi connectivity index (χ0v) is 18.2. The second kappa shape index (κ2) is 8.86. The van der Waals surface area contributed by atoms with Crippen LogP contribution in [0, 0.1) is 5.82 Å². The minimum absolute atomic E-state index is 0.169. The molecule has 0 radical (unpaired) electrons. The predicted molar refractivity (Wildman–Crippen MR) is 122 cm³/mol. The Morgan fingerprint density at radius 2 is 1.97 bits per heavy atom. The molecule has 2 heterocycles. The number of ether oxygens (including phenoxy) is 1. The third kappa shape index (κ3) is 4.42. The van der Waals surface area contributed by atoms with E-state index in [1.165, 1.54) is 6.07 Å². The smallest absolute Gasteiger partial charge is 0.138 e. The number of hydrogen-bond acceptors (Lipinski definition) is 4. The van der Waals surface area contributed by atoms with Crippen LogP contribution < -0.4 is 15.4 Å². The number of likely N-dealkylation sites (tertiary alicyclic amines) is 1. The zero-order valence-electron chi connectivity index (χ0n) is 17.4. The molecule has 0 amide bonds. The van der Waals surface area contributed by atoms with Crippen molar-refractivity contribution in [1.29, 1.82) is 0 Å². The molecule has 160 valence electrons. The fourth-order valence-electron chi connectivity index (χ4n) is 4.59. The van der Waals surface area contributed by atoms with Crippen LogP contribution in [0.25, 0.3) is 0 Å². The number of nitrogen functional groups attached to an aromatic ring is 1. The molecule has 1 atom stereocenters. The van der Waals surface area contributed by atoms with E-state index in [1.807, 2.05) is 24.3 Å². The summed E-state index contributed by atoms with van der Waals surface area (Å²) in [7, 11) is 0. The van der Waals surface area contributed by atoms with Gasteiger partial charge in [-0.1, -0.05) is 30.3 Å². The number of fused-ring (bicyclic) bond motifs is 1. The maximum atomic E-state index is 13.8. The number of piperidine rings is 1. The van der Waals surface area contributed by atoms with E-state index >= 15 is 0 Å². The molecule has 2 N–H and O–H groups in total. The second-order valence-electron chi connectivity index (χ2n) is 8.35. The van der Waals surface area contributed by atoms with Gasteiger partial charge >= 0.3 is 0 Å². The van der Waals surface area contributed by atoms with E-state index in [0.29, 0.717) is 16.8 Å². The monoisotopic (exact) mass is 429 g/mol. The van der Waals surface area contributed by atoms with Crippen molar-refractivity contribution in [1.82, 2.24) is 4.90 Å². The summed E-state index contributed by atoms with van der Waals surface area (Å²) < 4.78 is 19.9. The largest absolute Gasteiger partial charge is 0.489 e. The van der Waals surface area contributed by atoms with Gasteiger partial charge in [0.1, 0.15) is 17.7 Å². The van der Waals surface area contributed by atoms with Gasteiger partial charge in [-0.25, -0.2) is 4.39 Å². The summed E-state index contributed by atoms with van der Waals surface area (Å²) in [6, 6.07) is 10.9. The highest BCUT2D eigenvalue weighted by molar-refractivity contribution is 6.32. The summed E-state index contributed by atoms with van der Waals surface area (Å²) in [6.07, 6.45) is 3.86. The van der Waals surface area contributed by atoms with Crippen molar-refractivity contribution < 1.29 is 9.13 Å². The van der Waals surface area contributed by atoms with Gasteiger partial charge in [-0.15, -0.1) is 0 Å².